The van der Waals surface area contributed by atoms with Crippen LogP contribution in [0, 0.1) is 5.92 Å². The molecule has 2 amide bonds. The molecule has 0 bridgehead atoms. The average molecular weight is 397 g/mol. The van der Waals surface area contributed by atoms with Crippen molar-refractivity contribution in [1.82, 2.24) is 15.2 Å². The SMILES string of the molecule is COC(=O)c1ccc(CNC(=O)c2cnc3c(c2)CN(C(=O)O)[C@H]3C(C)C)cc1. The van der Waals surface area contributed by atoms with Gasteiger partial charge >= 0.3 is 12.1 Å². The Kier molecular flexibility index (Phi) is 5.81. The summed E-state index contributed by atoms with van der Waals surface area (Å²) in [6, 6.07) is 8.15. The van der Waals surface area contributed by atoms with Crippen molar-refractivity contribution in [2.75, 3.05) is 7.11 Å². The molecule has 0 fully saturated rings. The van der Waals surface area contributed by atoms with Gasteiger partial charge in [-0.25, -0.2) is 9.59 Å². The van der Waals surface area contributed by atoms with Crippen molar-refractivity contribution >= 4 is 18.0 Å². The summed E-state index contributed by atoms with van der Waals surface area (Å²) in [5.74, 6) is -0.639. The third-order valence-corrected chi connectivity index (χ3v) is 4.93. The minimum Gasteiger partial charge on any atom is -0.465 e. The average Bonchev–Trinajstić information content (AvgIpc) is 3.11. The maximum Gasteiger partial charge on any atom is 0.408 e. The van der Waals surface area contributed by atoms with E-state index in [1.165, 1.54) is 18.2 Å². The molecule has 29 heavy (non-hydrogen) atoms. The predicted octanol–water partition coefficient (Wildman–Crippen LogP) is 2.99. The van der Waals surface area contributed by atoms with Crippen LogP contribution in [0.25, 0.3) is 0 Å². The van der Waals surface area contributed by atoms with Crippen molar-refractivity contribution in [2.45, 2.75) is 33.0 Å². The summed E-state index contributed by atoms with van der Waals surface area (Å²) < 4.78 is 4.66. The molecule has 8 heteroatoms. The second-order valence-electron chi connectivity index (χ2n) is 7.24. The number of ether oxygens (including phenoxy) is 1. The van der Waals surface area contributed by atoms with Crippen LogP contribution in [0.3, 0.4) is 0 Å². The lowest BCUT2D eigenvalue weighted by Gasteiger charge is -2.24. The monoisotopic (exact) mass is 397 g/mol. The second-order valence-corrected chi connectivity index (χ2v) is 7.24. The third kappa shape index (κ3) is 4.21. The van der Waals surface area contributed by atoms with Gasteiger partial charge in [0.1, 0.15) is 0 Å². The number of benzene rings is 1. The fourth-order valence-electron chi connectivity index (χ4n) is 3.49. The molecule has 0 saturated carbocycles. The zero-order valence-corrected chi connectivity index (χ0v) is 16.5. The molecule has 0 aliphatic carbocycles. The summed E-state index contributed by atoms with van der Waals surface area (Å²) in [6.45, 7) is 4.40. The number of nitrogens with zero attached hydrogens (tertiary/aromatic N) is 2. The van der Waals surface area contributed by atoms with Crippen molar-refractivity contribution in [3.05, 3.63) is 64.5 Å². The van der Waals surface area contributed by atoms with Crippen molar-refractivity contribution in [3.8, 4) is 0 Å². The summed E-state index contributed by atoms with van der Waals surface area (Å²) in [6.07, 6.45) is 0.484. The number of esters is 1. The Morgan fingerprint density at radius 2 is 1.93 bits per heavy atom. The van der Waals surface area contributed by atoms with Gasteiger partial charge in [-0.05, 0) is 35.2 Å². The van der Waals surface area contributed by atoms with Crippen LogP contribution in [-0.2, 0) is 17.8 Å². The molecular formula is C21H23N3O5. The molecular weight excluding hydrogens is 374 g/mol. The molecule has 8 nitrogen and oxygen atoms in total. The molecule has 2 aromatic rings. The number of rotatable bonds is 5. The van der Waals surface area contributed by atoms with Gasteiger partial charge in [0.2, 0.25) is 0 Å². The summed E-state index contributed by atoms with van der Waals surface area (Å²) in [5.41, 5.74) is 3.10. The molecule has 2 heterocycles. The van der Waals surface area contributed by atoms with Gasteiger partial charge in [0.25, 0.3) is 5.91 Å². The van der Waals surface area contributed by atoms with Crippen molar-refractivity contribution in [1.29, 1.82) is 0 Å². The van der Waals surface area contributed by atoms with Gasteiger partial charge < -0.3 is 15.2 Å². The van der Waals surface area contributed by atoms with Crippen LogP contribution in [0.15, 0.2) is 36.5 Å². The van der Waals surface area contributed by atoms with Crippen molar-refractivity contribution in [3.63, 3.8) is 0 Å². The Morgan fingerprint density at radius 1 is 1.24 bits per heavy atom. The number of amides is 2. The fraction of sp³-hybridized carbons (Fsp3) is 0.333. The van der Waals surface area contributed by atoms with Crippen molar-refractivity contribution in [2.24, 2.45) is 5.92 Å². The van der Waals surface area contributed by atoms with E-state index in [0.29, 0.717) is 16.8 Å². The lowest BCUT2D eigenvalue weighted by molar-refractivity contribution is 0.0600. The van der Waals surface area contributed by atoms with Gasteiger partial charge in [0.05, 0.1) is 36.5 Å². The molecule has 1 aliphatic heterocycles. The van der Waals surface area contributed by atoms with Crippen LogP contribution in [0.2, 0.25) is 0 Å². The highest BCUT2D eigenvalue weighted by Gasteiger charge is 2.37. The molecule has 0 radical (unpaired) electrons. The molecule has 0 unspecified atom stereocenters. The lowest BCUT2D eigenvalue weighted by Crippen LogP contribution is -2.30. The molecule has 3 rings (SSSR count). The van der Waals surface area contributed by atoms with Crippen LogP contribution < -0.4 is 5.32 Å². The van der Waals surface area contributed by atoms with Crippen LogP contribution in [0.1, 0.15) is 57.4 Å². The molecule has 1 aromatic heterocycles. The molecule has 1 atom stereocenters. The summed E-state index contributed by atoms with van der Waals surface area (Å²) in [4.78, 5) is 41.3. The van der Waals surface area contributed by atoms with Gasteiger partial charge in [-0.15, -0.1) is 0 Å². The number of carbonyl (C=O) groups is 3. The van der Waals surface area contributed by atoms with E-state index in [4.69, 9.17) is 0 Å². The standard InChI is InChI=1S/C21H23N3O5/c1-12(2)18-17-16(11-24(18)21(27)28)8-15(10-22-17)19(25)23-9-13-4-6-14(7-5-13)20(26)29-3/h4-8,10,12,18H,9,11H2,1-3H3,(H,23,25)(H,27,28)/t18-/m0/s1. The Balaban J connectivity index is 1.69. The van der Waals surface area contributed by atoms with E-state index < -0.39 is 12.1 Å². The van der Waals surface area contributed by atoms with Crippen LogP contribution in [0.5, 0.6) is 0 Å². The summed E-state index contributed by atoms with van der Waals surface area (Å²) in [5, 5.41) is 12.3. The first kappa shape index (κ1) is 20.3. The van der Waals surface area contributed by atoms with E-state index in [0.717, 1.165) is 11.1 Å². The Labute approximate surface area is 168 Å². The first-order valence-corrected chi connectivity index (χ1v) is 9.25. The number of hydrogen-bond acceptors (Lipinski definition) is 5. The molecule has 0 saturated heterocycles. The molecule has 1 aromatic carbocycles. The largest absolute Gasteiger partial charge is 0.465 e. The van der Waals surface area contributed by atoms with Crippen molar-refractivity contribution < 1.29 is 24.2 Å². The smallest absolute Gasteiger partial charge is 0.408 e. The number of fused-ring (bicyclic) bond motifs is 1. The van der Waals surface area contributed by atoms with Gasteiger partial charge in [-0.1, -0.05) is 26.0 Å². The quantitative estimate of drug-likeness (QED) is 0.751. The summed E-state index contributed by atoms with van der Waals surface area (Å²) in [7, 11) is 1.32. The Morgan fingerprint density at radius 3 is 2.52 bits per heavy atom. The maximum atomic E-state index is 12.5. The van der Waals surface area contributed by atoms with Gasteiger partial charge in [0, 0.05) is 12.7 Å². The van der Waals surface area contributed by atoms with E-state index >= 15 is 0 Å². The third-order valence-electron chi connectivity index (χ3n) is 4.93. The zero-order chi connectivity index (χ0) is 21.1. The highest BCUT2D eigenvalue weighted by molar-refractivity contribution is 5.94. The maximum absolute atomic E-state index is 12.5. The van der Waals surface area contributed by atoms with Gasteiger partial charge in [-0.3, -0.25) is 14.7 Å². The number of nitrogens with one attached hydrogen (secondary N) is 1. The van der Waals surface area contributed by atoms with E-state index in [1.54, 1.807) is 30.3 Å². The number of aromatic nitrogens is 1. The van der Waals surface area contributed by atoms with E-state index in [1.807, 2.05) is 13.8 Å². The summed E-state index contributed by atoms with van der Waals surface area (Å²) >= 11 is 0. The Bertz CT molecular complexity index is 940. The minimum absolute atomic E-state index is 0.0764. The number of methoxy groups -OCH3 is 1. The minimum atomic E-state index is -0.997. The Hall–Kier alpha value is -3.42. The van der Waals surface area contributed by atoms with E-state index in [-0.39, 0.29) is 31.0 Å². The molecule has 0 spiro atoms. The first-order valence-electron chi connectivity index (χ1n) is 9.25. The number of carbonyl (C=O) groups excluding carboxylic acids is 2. The van der Waals surface area contributed by atoms with Gasteiger partial charge in [0.15, 0.2) is 0 Å². The highest BCUT2D eigenvalue weighted by Crippen LogP contribution is 2.37. The molecule has 152 valence electrons. The fourth-order valence-corrected chi connectivity index (χ4v) is 3.49. The van der Waals surface area contributed by atoms with Crippen LogP contribution in [-0.4, -0.2) is 40.1 Å². The topological polar surface area (TPSA) is 109 Å². The second kappa shape index (κ2) is 8.30. The zero-order valence-electron chi connectivity index (χ0n) is 16.5. The predicted molar refractivity (Wildman–Crippen MR) is 104 cm³/mol. The number of carboxylic acid groups (broad SMARTS) is 1. The highest BCUT2D eigenvalue weighted by atomic mass is 16.5. The first-order chi connectivity index (χ1) is 13.8. The molecule has 1 aliphatic rings. The number of hydrogen-bond donors (Lipinski definition) is 2. The molecule has 2 N–H and O–H groups in total. The van der Waals surface area contributed by atoms with Crippen LogP contribution in [0.4, 0.5) is 4.79 Å². The lowest BCUT2D eigenvalue weighted by atomic mass is 9.99. The normalized spacial score (nSPS) is 15.2. The number of pyridine rings is 1. The van der Waals surface area contributed by atoms with Crippen LogP contribution >= 0.6 is 0 Å². The van der Waals surface area contributed by atoms with Gasteiger partial charge in [-0.2, -0.15) is 0 Å². The van der Waals surface area contributed by atoms with E-state index in [2.05, 4.69) is 15.0 Å². The van der Waals surface area contributed by atoms with E-state index in [9.17, 15) is 19.5 Å².